The number of aliphatic hydroxyl groups is 1. The molecule has 0 aromatic carbocycles. The summed E-state index contributed by atoms with van der Waals surface area (Å²) in [6.07, 6.45) is 12.0. The number of hydrogen-bond acceptors (Lipinski definition) is 4. The summed E-state index contributed by atoms with van der Waals surface area (Å²) in [5.74, 6) is 0.890. The molecule has 0 atom stereocenters. The van der Waals surface area contributed by atoms with Crippen LogP contribution in [-0.4, -0.2) is 54.0 Å². The number of hydrogen-bond donors (Lipinski definition) is 3. The predicted molar refractivity (Wildman–Crippen MR) is 101 cm³/mol. The van der Waals surface area contributed by atoms with Crippen LogP contribution in [0.5, 0.6) is 0 Å². The molecule has 0 aliphatic heterocycles. The Morgan fingerprint density at radius 1 is 1.33 bits per heavy atom. The van der Waals surface area contributed by atoms with Crippen molar-refractivity contribution in [1.29, 1.82) is 0 Å². The summed E-state index contributed by atoms with van der Waals surface area (Å²) in [7, 11) is 4.07. The Hall–Kier alpha value is -0.910. The van der Waals surface area contributed by atoms with Crippen molar-refractivity contribution in [2.75, 3.05) is 33.8 Å². The first-order chi connectivity index (χ1) is 11.5. The zero-order chi connectivity index (χ0) is 17.8. The summed E-state index contributed by atoms with van der Waals surface area (Å²) in [4.78, 5) is 2.25. The zero-order valence-corrected chi connectivity index (χ0v) is 16.1. The number of aromatic nitrogens is 2. The standard InChI is InChI=1S/C11H22O.C8H16N4/c1-11(2,9-12)8-10-6-4-3-5-7-10;1-9-3-4-12(2)7-8-5-10-11-6-8/h10,12H,3-9H2,1-2H3;5-6,9H,3-4,7H2,1-2H3,(H,10,11). The van der Waals surface area contributed by atoms with Crippen molar-refractivity contribution in [2.45, 2.75) is 58.9 Å². The highest BCUT2D eigenvalue weighted by atomic mass is 16.3. The van der Waals surface area contributed by atoms with Crippen LogP contribution in [0.1, 0.15) is 57.9 Å². The molecule has 1 aliphatic carbocycles. The predicted octanol–water partition coefficient (Wildman–Crippen LogP) is 3.04. The summed E-state index contributed by atoms with van der Waals surface area (Å²) in [5, 5.41) is 18.9. The molecule has 0 amide bonds. The fourth-order valence-corrected chi connectivity index (χ4v) is 3.29. The minimum atomic E-state index is 0.155. The largest absolute Gasteiger partial charge is 0.396 e. The van der Waals surface area contributed by atoms with Crippen LogP contribution in [0.15, 0.2) is 12.4 Å². The molecule has 1 saturated carbocycles. The molecule has 5 nitrogen and oxygen atoms in total. The lowest BCUT2D eigenvalue weighted by Gasteiger charge is -2.30. The van der Waals surface area contributed by atoms with E-state index in [0.29, 0.717) is 6.61 Å². The van der Waals surface area contributed by atoms with Gasteiger partial charge in [-0.2, -0.15) is 5.10 Å². The van der Waals surface area contributed by atoms with E-state index >= 15 is 0 Å². The minimum absolute atomic E-state index is 0.155. The van der Waals surface area contributed by atoms with Gasteiger partial charge in [0.15, 0.2) is 0 Å². The molecule has 1 aromatic heterocycles. The minimum Gasteiger partial charge on any atom is -0.396 e. The van der Waals surface area contributed by atoms with Gasteiger partial charge in [-0.15, -0.1) is 0 Å². The molecule has 140 valence electrons. The van der Waals surface area contributed by atoms with E-state index in [2.05, 4.69) is 41.3 Å². The smallest absolute Gasteiger partial charge is 0.0532 e. The highest BCUT2D eigenvalue weighted by Gasteiger charge is 2.23. The van der Waals surface area contributed by atoms with Crippen molar-refractivity contribution in [2.24, 2.45) is 11.3 Å². The van der Waals surface area contributed by atoms with Gasteiger partial charge in [0, 0.05) is 38.0 Å². The fourth-order valence-electron chi connectivity index (χ4n) is 3.29. The monoisotopic (exact) mass is 338 g/mol. The van der Waals surface area contributed by atoms with Gasteiger partial charge in [-0.3, -0.25) is 5.10 Å². The third-order valence-electron chi connectivity index (χ3n) is 4.74. The van der Waals surface area contributed by atoms with E-state index in [9.17, 15) is 0 Å². The Morgan fingerprint density at radius 3 is 2.58 bits per heavy atom. The van der Waals surface area contributed by atoms with E-state index in [4.69, 9.17) is 5.11 Å². The summed E-state index contributed by atoms with van der Waals surface area (Å²) in [5.41, 5.74) is 1.38. The van der Waals surface area contributed by atoms with E-state index in [-0.39, 0.29) is 5.41 Å². The van der Waals surface area contributed by atoms with Gasteiger partial charge in [-0.1, -0.05) is 46.0 Å². The first-order valence-electron chi connectivity index (χ1n) is 9.38. The number of nitrogens with one attached hydrogen (secondary N) is 2. The molecule has 0 spiro atoms. The maximum absolute atomic E-state index is 9.12. The molecular formula is C19H38N4O. The molecule has 1 aliphatic rings. The molecule has 5 heteroatoms. The van der Waals surface area contributed by atoms with Gasteiger partial charge < -0.3 is 15.3 Å². The maximum atomic E-state index is 9.12. The quantitative estimate of drug-likeness (QED) is 0.682. The van der Waals surface area contributed by atoms with Crippen molar-refractivity contribution in [3.63, 3.8) is 0 Å². The highest BCUT2D eigenvalue weighted by Crippen LogP contribution is 2.33. The second-order valence-electron chi connectivity index (χ2n) is 7.98. The van der Waals surface area contributed by atoms with Crippen LogP contribution < -0.4 is 5.32 Å². The number of likely N-dealkylation sites (N-methyl/N-ethyl adjacent to an activating group) is 2. The Labute approximate surface area is 148 Å². The Kier molecular flexibility index (Phi) is 10.2. The van der Waals surface area contributed by atoms with Gasteiger partial charge in [0.25, 0.3) is 0 Å². The number of aromatic amines is 1. The van der Waals surface area contributed by atoms with Gasteiger partial charge in [-0.25, -0.2) is 0 Å². The van der Waals surface area contributed by atoms with E-state index in [0.717, 1.165) is 25.6 Å². The average Bonchev–Trinajstić information content (AvgIpc) is 3.07. The van der Waals surface area contributed by atoms with Crippen LogP contribution in [-0.2, 0) is 6.54 Å². The second kappa shape index (κ2) is 11.6. The first kappa shape index (κ1) is 21.1. The van der Waals surface area contributed by atoms with Crippen molar-refractivity contribution >= 4 is 0 Å². The van der Waals surface area contributed by atoms with Crippen molar-refractivity contribution in [1.82, 2.24) is 20.4 Å². The second-order valence-corrected chi connectivity index (χ2v) is 7.98. The number of rotatable bonds is 8. The molecule has 3 N–H and O–H groups in total. The van der Waals surface area contributed by atoms with Crippen molar-refractivity contribution in [3.8, 4) is 0 Å². The molecule has 2 rings (SSSR count). The number of aliphatic hydroxyl groups excluding tert-OH is 1. The van der Waals surface area contributed by atoms with Gasteiger partial charge >= 0.3 is 0 Å². The normalized spacial score (nSPS) is 16.1. The van der Waals surface area contributed by atoms with Crippen molar-refractivity contribution < 1.29 is 5.11 Å². The SMILES string of the molecule is CC(C)(CO)CC1CCCCC1.CNCCN(C)Cc1cn[nH]c1. The third kappa shape index (κ3) is 9.40. The molecule has 0 radical (unpaired) electrons. The summed E-state index contributed by atoms with van der Waals surface area (Å²) in [6.45, 7) is 7.71. The van der Waals surface area contributed by atoms with Gasteiger partial charge in [0.05, 0.1) is 6.20 Å². The fraction of sp³-hybridized carbons (Fsp3) is 0.842. The van der Waals surface area contributed by atoms with E-state index in [1.807, 2.05) is 19.4 Å². The molecule has 1 aromatic rings. The molecular weight excluding hydrogens is 300 g/mol. The number of nitrogens with zero attached hydrogens (tertiary/aromatic N) is 2. The van der Waals surface area contributed by atoms with Gasteiger partial charge in [0.2, 0.25) is 0 Å². The zero-order valence-electron chi connectivity index (χ0n) is 16.1. The first-order valence-corrected chi connectivity index (χ1v) is 9.38. The van der Waals surface area contributed by atoms with Gasteiger partial charge in [-0.05, 0) is 31.8 Å². The Morgan fingerprint density at radius 2 is 2.04 bits per heavy atom. The van der Waals surface area contributed by atoms with Gasteiger partial charge in [0.1, 0.15) is 0 Å². The maximum Gasteiger partial charge on any atom is 0.0532 e. The highest BCUT2D eigenvalue weighted by molar-refractivity contribution is 5.01. The van der Waals surface area contributed by atoms with E-state index in [1.54, 1.807) is 0 Å². The molecule has 1 heterocycles. The molecule has 0 bridgehead atoms. The lowest BCUT2D eigenvalue weighted by atomic mass is 9.77. The summed E-state index contributed by atoms with van der Waals surface area (Å²) in [6, 6.07) is 0. The van der Waals surface area contributed by atoms with E-state index < -0.39 is 0 Å². The molecule has 0 saturated heterocycles. The van der Waals surface area contributed by atoms with Crippen LogP contribution in [0.3, 0.4) is 0 Å². The van der Waals surface area contributed by atoms with Crippen LogP contribution in [0.25, 0.3) is 0 Å². The third-order valence-corrected chi connectivity index (χ3v) is 4.74. The average molecular weight is 339 g/mol. The Bertz CT molecular complexity index is 400. The molecule has 0 unspecified atom stereocenters. The van der Waals surface area contributed by atoms with Crippen LogP contribution in [0, 0.1) is 11.3 Å². The molecule has 1 fully saturated rings. The van der Waals surface area contributed by atoms with E-state index in [1.165, 1.54) is 44.1 Å². The lowest BCUT2D eigenvalue weighted by molar-refractivity contribution is 0.119. The van der Waals surface area contributed by atoms with Crippen molar-refractivity contribution in [3.05, 3.63) is 18.0 Å². The lowest BCUT2D eigenvalue weighted by Crippen LogP contribution is -2.26. The Balaban J connectivity index is 0.000000240. The topological polar surface area (TPSA) is 64.2 Å². The van der Waals surface area contributed by atoms with Crippen LogP contribution >= 0.6 is 0 Å². The summed E-state index contributed by atoms with van der Waals surface area (Å²) < 4.78 is 0. The summed E-state index contributed by atoms with van der Waals surface area (Å²) >= 11 is 0. The molecule has 24 heavy (non-hydrogen) atoms. The van der Waals surface area contributed by atoms with Crippen LogP contribution in [0.4, 0.5) is 0 Å². The van der Waals surface area contributed by atoms with Crippen LogP contribution in [0.2, 0.25) is 0 Å². The number of H-pyrrole nitrogens is 1.